The number of ether oxygens (including phenoxy) is 1. The summed E-state index contributed by atoms with van der Waals surface area (Å²) in [5.74, 6) is -2.78. The van der Waals surface area contributed by atoms with Crippen LogP contribution in [0, 0.1) is 17.5 Å². The van der Waals surface area contributed by atoms with Crippen molar-refractivity contribution in [2.24, 2.45) is 0 Å². The lowest BCUT2D eigenvalue weighted by molar-refractivity contribution is -0.122. The molecule has 0 aliphatic carbocycles. The van der Waals surface area contributed by atoms with E-state index < -0.39 is 36.0 Å². The molecule has 0 radical (unpaired) electrons. The average molecular weight is 351 g/mol. The van der Waals surface area contributed by atoms with Crippen molar-refractivity contribution >= 4 is 12.0 Å². The van der Waals surface area contributed by atoms with E-state index in [1.807, 2.05) is 0 Å². The molecule has 0 saturated carbocycles. The fourth-order valence-electron chi connectivity index (χ4n) is 2.31. The van der Waals surface area contributed by atoms with E-state index in [1.54, 1.807) is 0 Å². The fourth-order valence-corrected chi connectivity index (χ4v) is 2.31. The number of hydrogen-bond acceptors (Lipinski definition) is 4. The van der Waals surface area contributed by atoms with Crippen LogP contribution in [0.1, 0.15) is 11.3 Å². The third kappa shape index (κ3) is 3.70. The smallest absolute Gasteiger partial charge is 0.410 e. The predicted octanol–water partition coefficient (Wildman–Crippen LogP) is 2.13. The lowest BCUT2D eigenvalue weighted by Crippen LogP contribution is -2.44. The van der Waals surface area contributed by atoms with E-state index in [0.717, 1.165) is 11.1 Å². The average Bonchev–Trinajstić information content (AvgIpc) is 2.55. The number of amides is 2. The minimum Gasteiger partial charge on any atom is -0.410 e. The summed E-state index contributed by atoms with van der Waals surface area (Å²) >= 11 is 0. The van der Waals surface area contributed by atoms with Crippen LogP contribution in [0.4, 0.5) is 18.0 Å². The third-order valence-electron chi connectivity index (χ3n) is 3.55. The van der Waals surface area contributed by atoms with Crippen molar-refractivity contribution < 1.29 is 27.5 Å². The SMILES string of the molecule is O=C(CN1Cc2c(F)cccc2OC1=O)NCc1ncc(F)cc1F. The highest BCUT2D eigenvalue weighted by Crippen LogP contribution is 2.27. The second kappa shape index (κ2) is 6.80. The standard InChI is InChI=1S/C16H12F3N3O3/c17-9-4-12(19)13(20-5-9)6-21-15(23)8-22-7-10-11(18)2-1-3-14(10)25-16(22)24/h1-5H,6-8H2,(H,21,23). The van der Waals surface area contributed by atoms with Gasteiger partial charge in [-0.2, -0.15) is 0 Å². The van der Waals surface area contributed by atoms with Gasteiger partial charge < -0.3 is 10.1 Å². The summed E-state index contributed by atoms with van der Waals surface area (Å²) in [6.07, 6.45) is 0.0334. The van der Waals surface area contributed by atoms with E-state index in [-0.39, 0.29) is 30.1 Å². The van der Waals surface area contributed by atoms with Gasteiger partial charge in [-0.3, -0.25) is 14.7 Å². The number of aromatic nitrogens is 1. The number of nitrogens with one attached hydrogen (secondary N) is 1. The van der Waals surface area contributed by atoms with Crippen molar-refractivity contribution in [3.63, 3.8) is 0 Å². The van der Waals surface area contributed by atoms with E-state index in [0.29, 0.717) is 6.07 Å². The summed E-state index contributed by atoms with van der Waals surface area (Å²) in [4.78, 5) is 28.3. The van der Waals surface area contributed by atoms with Crippen LogP contribution in [0.2, 0.25) is 0 Å². The highest BCUT2D eigenvalue weighted by molar-refractivity contribution is 5.83. The summed E-state index contributed by atoms with van der Waals surface area (Å²) < 4.78 is 45.0. The first-order valence-electron chi connectivity index (χ1n) is 7.25. The first-order valence-corrected chi connectivity index (χ1v) is 7.25. The Balaban J connectivity index is 1.61. The number of halogens is 3. The molecule has 2 amide bonds. The van der Waals surface area contributed by atoms with E-state index in [4.69, 9.17) is 4.74 Å². The molecule has 0 bridgehead atoms. The number of fused-ring (bicyclic) bond motifs is 1. The molecule has 1 N–H and O–H groups in total. The van der Waals surface area contributed by atoms with Gasteiger partial charge in [-0.1, -0.05) is 6.07 Å². The molecule has 1 aliphatic rings. The number of pyridine rings is 1. The number of hydrogen-bond donors (Lipinski definition) is 1. The zero-order valence-electron chi connectivity index (χ0n) is 12.8. The van der Waals surface area contributed by atoms with Crippen LogP contribution in [0.5, 0.6) is 5.75 Å². The molecule has 2 heterocycles. The van der Waals surface area contributed by atoms with Crippen molar-refractivity contribution in [3.8, 4) is 5.75 Å². The Bertz CT molecular complexity index is 845. The summed E-state index contributed by atoms with van der Waals surface area (Å²) in [6, 6.07) is 4.74. The fraction of sp³-hybridized carbons (Fsp3) is 0.188. The molecule has 1 aromatic heterocycles. The van der Waals surface area contributed by atoms with Crippen molar-refractivity contribution in [2.45, 2.75) is 13.1 Å². The molecule has 0 unspecified atom stereocenters. The number of nitrogens with zero attached hydrogens (tertiary/aromatic N) is 2. The molecule has 0 spiro atoms. The van der Waals surface area contributed by atoms with Crippen LogP contribution in [-0.2, 0) is 17.9 Å². The van der Waals surface area contributed by atoms with Crippen molar-refractivity contribution in [3.05, 3.63) is 59.2 Å². The maximum atomic E-state index is 13.8. The Labute approximate surface area is 140 Å². The monoisotopic (exact) mass is 351 g/mol. The Kier molecular flexibility index (Phi) is 4.55. The Hall–Kier alpha value is -3.10. The zero-order valence-corrected chi connectivity index (χ0v) is 12.8. The molecule has 1 aromatic carbocycles. The molecule has 3 rings (SSSR count). The molecular weight excluding hydrogens is 339 g/mol. The van der Waals surface area contributed by atoms with Crippen molar-refractivity contribution in [2.75, 3.05) is 6.54 Å². The van der Waals surface area contributed by atoms with Crippen molar-refractivity contribution in [1.82, 2.24) is 15.2 Å². The maximum Gasteiger partial charge on any atom is 0.416 e. The minimum atomic E-state index is -0.895. The van der Waals surface area contributed by atoms with Crippen LogP contribution in [0.3, 0.4) is 0 Å². The number of carbonyl (C=O) groups is 2. The Morgan fingerprint density at radius 2 is 2.08 bits per heavy atom. The van der Waals surface area contributed by atoms with Gasteiger partial charge in [0, 0.05) is 6.07 Å². The Morgan fingerprint density at radius 1 is 1.28 bits per heavy atom. The van der Waals surface area contributed by atoms with Gasteiger partial charge in [0.15, 0.2) is 0 Å². The van der Waals surface area contributed by atoms with E-state index in [2.05, 4.69) is 10.3 Å². The van der Waals surface area contributed by atoms with Gasteiger partial charge in [0.25, 0.3) is 0 Å². The maximum absolute atomic E-state index is 13.8. The van der Waals surface area contributed by atoms with Crippen LogP contribution < -0.4 is 10.1 Å². The summed E-state index contributed by atoms with van der Waals surface area (Å²) in [5.41, 5.74) is 0.0218. The van der Waals surface area contributed by atoms with Gasteiger partial charge in [0.2, 0.25) is 5.91 Å². The van der Waals surface area contributed by atoms with Crippen LogP contribution in [0.25, 0.3) is 0 Å². The van der Waals surface area contributed by atoms with Crippen LogP contribution in [-0.4, -0.2) is 28.4 Å². The minimum absolute atomic E-state index is 0.110. The molecule has 25 heavy (non-hydrogen) atoms. The lowest BCUT2D eigenvalue weighted by Gasteiger charge is -2.27. The van der Waals surface area contributed by atoms with E-state index in [1.165, 1.54) is 18.2 Å². The molecule has 0 fully saturated rings. The number of carbonyl (C=O) groups excluding carboxylic acids is 2. The van der Waals surface area contributed by atoms with Crippen molar-refractivity contribution in [1.29, 1.82) is 0 Å². The van der Waals surface area contributed by atoms with Gasteiger partial charge in [0.1, 0.15) is 29.7 Å². The number of benzene rings is 1. The van der Waals surface area contributed by atoms with Gasteiger partial charge in [-0.25, -0.2) is 18.0 Å². The van der Waals surface area contributed by atoms with Crippen LogP contribution in [0.15, 0.2) is 30.5 Å². The predicted molar refractivity (Wildman–Crippen MR) is 78.8 cm³/mol. The van der Waals surface area contributed by atoms with E-state index in [9.17, 15) is 22.8 Å². The van der Waals surface area contributed by atoms with Gasteiger partial charge in [-0.15, -0.1) is 0 Å². The first-order chi connectivity index (χ1) is 11.9. The molecule has 0 atom stereocenters. The topological polar surface area (TPSA) is 71.5 Å². The normalized spacial score (nSPS) is 13.2. The molecular formula is C16H12F3N3O3. The highest BCUT2D eigenvalue weighted by atomic mass is 19.1. The molecule has 6 nitrogen and oxygen atoms in total. The van der Waals surface area contributed by atoms with Gasteiger partial charge >= 0.3 is 6.09 Å². The Morgan fingerprint density at radius 3 is 2.84 bits per heavy atom. The summed E-state index contributed by atoms with van der Waals surface area (Å²) in [5, 5.41) is 2.36. The third-order valence-corrected chi connectivity index (χ3v) is 3.55. The highest BCUT2D eigenvalue weighted by Gasteiger charge is 2.28. The zero-order chi connectivity index (χ0) is 18.0. The first kappa shape index (κ1) is 16.7. The van der Waals surface area contributed by atoms with E-state index >= 15 is 0 Å². The molecule has 2 aromatic rings. The molecule has 130 valence electrons. The quantitative estimate of drug-likeness (QED) is 0.916. The molecule has 0 saturated heterocycles. The van der Waals surface area contributed by atoms with Crippen LogP contribution >= 0.6 is 0 Å². The second-order valence-corrected chi connectivity index (χ2v) is 5.30. The van der Waals surface area contributed by atoms with Gasteiger partial charge in [-0.05, 0) is 12.1 Å². The summed E-state index contributed by atoms with van der Waals surface area (Å²) in [7, 11) is 0. The molecule has 1 aliphatic heterocycles. The van der Waals surface area contributed by atoms with Gasteiger partial charge in [0.05, 0.1) is 30.5 Å². The number of rotatable bonds is 4. The largest absolute Gasteiger partial charge is 0.416 e. The molecule has 9 heteroatoms. The lowest BCUT2D eigenvalue weighted by atomic mass is 10.1. The second-order valence-electron chi connectivity index (χ2n) is 5.30. The summed E-state index contributed by atoms with van der Waals surface area (Å²) in [6.45, 7) is -0.814.